The predicted octanol–water partition coefficient (Wildman–Crippen LogP) is 5.72. The summed E-state index contributed by atoms with van der Waals surface area (Å²) in [6, 6.07) is 22.2. The summed E-state index contributed by atoms with van der Waals surface area (Å²) in [6.45, 7) is 0. The minimum atomic E-state index is -0.412. The van der Waals surface area contributed by atoms with Crippen LogP contribution in [0.4, 0.5) is 4.39 Å². The molecule has 5 rings (SSSR count). The van der Waals surface area contributed by atoms with Crippen LogP contribution in [0.25, 0.3) is 0 Å². The molecule has 0 fully saturated rings. The van der Waals surface area contributed by atoms with Crippen LogP contribution in [-0.4, -0.2) is 10.7 Å². The van der Waals surface area contributed by atoms with E-state index in [1.165, 1.54) is 12.1 Å². The normalized spacial score (nSPS) is 20.5. The smallest absolute Gasteiger partial charge is 0.213 e. The zero-order valence-electron chi connectivity index (χ0n) is 14.3. The number of rotatable bonds is 2. The summed E-state index contributed by atoms with van der Waals surface area (Å²) >= 11 is 6.24. The number of fused-ring (bicyclic) bond motifs is 3. The lowest BCUT2D eigenvalue weighted by Gasteiger charge is -2.38. The summed E-state index contributed by atoms with van der Waals surface area (Å²) in [4.78, 5) is 0. The average molecular weight is 379 g/mol. The molecule has 3 nitrogen and oxygen atoms in total. The second kappa shape index (κ2) is 6.39. The second-order valence-electron chi connectivity index (χ2n) is 6.72. The van der Waals surface area contributed by atoms with Crippen LogP contribution in [0.1, 0.15) is 35.4 Å². The summed E-state index contributed by atoms with van der Waals surface area (Å²) < 4.78 is 19.6. The highest BCUT2D eigenvalue weighted by atomic mass is 35.5. The van der Waals surface area contributed by atoms with Crippen LogP contribution in [0.15, 0.2) is 77.9 Å². The van der Waals surface area contributed by atoms with Gasteiger partial charge in [0.05, 0.1) is 11.8 Å². The first kappa shape index (κ1) is 16.3. The largest absolute Gasteiger partial charge is 0.464 e. The predicted molar refractivity (Wildman–Crippen MR) is 103 cm³/mol. The van der Waals surface area contributed by atoms with Crippen molar-refractivity contribution in [1.29, 1.82) is 0 Å². The van der Waals surface area contributed by atoms with Crippen LogP contribution < -0.4 is 4.74 Å². The van der Waals surface area contributed by atoms with Crippen LogP contribution in [0.3, 0.4) is 0 Å². The topological polar surface area (TPSA) is 24.8 Å². The zero-order chi connectivity index (χ0) is 18.4. The molecular formula is C22H16ClFN2O. The van der Waals surface area contributed by atoms with Crippen molar-refractivity contribution in [2.45, 2.75) is 18.7 Å². The lowest BCUT2D eigenvalue weighted by molar-refractivity contribution is -0.0190. The maximum absolute atomic E-state index is 13.4. The highest BCUT2D eigenvalue weighted by molar-refractivity contribution is 6.30. The molecule has 0 N–H and O–H groups in total. The Morgan fingerprint density at radius 1 is 1.00 bits per heavy atom. The Morgan fingerprint density at radius 2 is 1.78 bits per heavy atom. The van der Waals surface area contributed by atoms with Gasteiger partial charge in [0.1, 0.15) is 11.6 Å². The van der Waals surface area contributed by atoms with Crippen LogP contribution >= 0.6 is 11.6 Å². The fraction of sp³-hybridized carbons (Fsp3) is 0.136. The van der Waals surface area contributed by atoms with Crippen molar-refractivity contribution in [1.82, 2.24) is 5.01 Å². The molecule has 5 heteroatoms. The lowest BCUT2D eigenvalue weighted by Crippen LogP contribution is -2.33. The molecule has 2 aliphatic heterocycles. The number of hydrogen-bond acceptors (Lipinski definition) is 3. The van der Waals surface area contributed by atoms with Crippen molar-refractivity contribution in [2.75, 3.05) is 0 Å². The van der Waals surface area contributed by atoms with Crippen molar-refractivity contribution in [2.24, 2.45) is 5.10 Å². The number of ether oxygens (including phenoxy) is 1. The Balaban J connectivity index is 1.61. The van der Waals surface area contributed by atoms with Gasteiger partial charge < -0.3 is 4.74 Å². The van der Waals surface area contributed by atoms with Gasteiger partial charge in [0.2, 0.25) is 6.23 Å². The van der Waals surface area contributed by atoms with E-state index in [-0.39, 0.29) is 11.9 Å². The number of halogens is 2. The van der Waals surface area contributed by atoms with E-state index >= 15 is 0 Å². The van der Waals surface area contributed by atoms with Crippen molar-refractivity contribution < 1.29 is 9.13 Å². The van der Waals surface area contributed by atoms with Crippen molar-refractivity contribution in [3.63, 3.8) is 0 Å². The maximum Gasteiger partial charge on any atom is 0.213 e. The molecule has 0 saturated heterocycles. The third kappa shape index (κ3) is 2.86. The summed E-state index contributed by atoms with van der Waals surface area (Å²) in [5.74, 6) is 0.521. The third-order valence-electron chi connectivity index (χ3n) is 5.01. The van der Waals surface area contributed by atoms with Crippen LogP contribution in [0.2, 0.25) is 5.02 Å². The highest BCUT2D eigenvalue weighted by Gasteiger charge is 2.41. The molecule has 0 amide bonds. The molecule has 3 aromatic rings. The molecule has 2 unspecified atom stereocenters. The Kier molecular flexibility index (Phi) is 3.87. The maximum atomic E-state index is 13.4. The first-order valence-corrected chi connectivity index (χ1v) is 9.19. The summed E-state index contributed by atoms with van der Waals surface area (Å²) in [6.07, 6.45) is 0.351. The lowest BCUT2D eigenvalue weighted by atomic mass is 9.96. The molecule has 0 saturated carbocycles. The number of hydrogen-bond donors (Lipinski definition) is 0. The van der Waals surface area contributed by atoms with E-state index < -0.39 is 6.23 Å². The molecule has 27 heavy (non-hydrogen) atoms. The fourth-order valence-corrected chi connectivity index (χ4v) is 3.89. The third-order valence-corrected chi connectivity index (χ3v) is 5.25. The molecule has 2 aliphatic rings. The number of benzene rings is 3. The van der Waals surface area contributed by atoms with E-state index in [0.717, 1.165) is 34.6 Å². The van der Waals surface area contributed by atoms with Gasteiger partial charge in [-0.15, -0.1) is 0 Å². The van der Waals surface area contributed by atoms with Gasteiger partial charge in [-0.3, -0.25) is 0 Å². The van der Waals surface area contributed by atoms with Gasteiger partial charge in [-0.1, -0.05) is 54.1 Å². The van der Waals surface area contributed by atoms with Crippen LogP contribution in [0, 0.1) is 5.82 Å². The molecule has 0 radical (unpaired) electrons. The summed E-state index contributed by atoms with van der Waals surface area (Å²) in [5.41, 5.74) is 3.98. The SMILES string of the molecule is Fc1ccc(C2Oc3ccc(Cl)cc3C3CC(c4ccccc4)=NN32)cc1. The molecule has 0 aliphatic carbocycles. The standard InChI is InChI=1S/C22H16ClFN2O/c23-16-8-11-21-18(12-16)20-13-19(14-4-2-1-3-5-14)25-26(20)22(27-21)15-6-9-17(24)10-7-15/h1-12,20,22H,13H2. The Labute approximate surface area is 161 Å². The number of hydrazone groups is 1. The summed E-state index contributed by atoms with van der Waals surface area (Å²) in [7, 11) is 0. The molecule has 0 bridgehead atoms. The fourth-order valence-electron chi connectivity index (χ4n) is 3.71. The Hall–Kier alpha value is -2.85. The number of nitrogens with zero attached hydrogens (tertiary/aromatic N) is 2. The average Bonchev–Trinajstić information content (AvgIpc) is 3.15. The molecule has 2 atom stereocenters. The van der Waals surface area contributed by atoms with Crippen molar-refractivity contribution in [3.05, 3.63) is 100 Å². The van der Waals surface area contributed by atoms with Gasteiger partial charge >= 0.3 is 0 Å². The zero-order valence-corrected chi connectivity index (χ0v) is 15.1. The first-order chi connectivity index (χ1) is 13.2. The molecule has 0 spiro atoms. The van der Waals surface area contributed by atoms with Gasteiger partial charge in [-0.2, -0.15) is 5.10 Å². The minimum absolute atomic E-state index is 0.0257. The van der Waals surface area contributed by atoms with E-state index in [4.69, 9.17) is 21.4 Å². The van der Waals surface area contributed by atoms with E-state index in [1.807, 2.05) is 41.4 Å². The van der Waals surface area contributed by atoms with E-state index in [2.05, 4.69) is 12.1 Å². The Bertz CT molecular complexity index is 1020. The molecule has 134 valence electrons. The van der Waals surface area contributed by atoms with Crippen molar-refractivity contribution >= 4 is 17.3 Å². The quantitative estimate of drug-likeness (QED) is 0.569. The van der Waals surface area contributed by atoms with Gasteiger partial charge in [-0.25, -0.2) is 9.40 Å². The molecule has 0 aromatic heterocycles. The molecule has 3 aromatic carbocycles. The molecular weight excluding hydrogens is 363 g/mol. The summed E-state index contributed by atoms with van der Waals surface area (Å²) in [5, 5.41) is 7.52. The van der Waals surface area contributed by atoms with Crippen LogP contribution in [-0.2, 0) is 0 Å². The molecule has 2 heterocycles. The highest BCUT2D eigenvalue weighted by Crippen LogP contribution is 2.48. The van der Waals surface area contributed by atoms with E-state index in [9.17, 15) is 4.39 Å². The minimum Gasteiger partial charge on any atom is -0.464 e. The first-order valence-electron chi connectivity index (χ1n) is 8.82. The van der Waals surface area contributed by atoms with E-state index in [1.54, 1.807) is 12.1 Å². The van der Waals surface area contributed by atoms with Gasteiger partial charge in [-0.05, 0) is 35.9 Å². The monoisotopic (exact) mass is 378 g/mol. The van der Waals surface area contributed by atoms with Gasteiger partial charge in [0.25, 0.3) is 0 Å². The van der Waals surface area contributed by atoms with E-state index in [0.29, 0.717) is 5.02 Å². The van der Waals surface area contributed by atoms with Gasteiger partial charge in [0.15, 0.2) is 0 Å². The van der Waals surface area contributed by atoms with Gasteiger partial charge in [0, 0.05) is 22.6 Å². The van der Waals surface area contributed by atoms with Crippen LogP contribution in [0.5, 0.6) is 5.75 Å². The van der Waals surface area contributed by atoms with Crippen molar-refractivity contribution in [3.8, 4) is 5.75 Å². The Morgan fingerprint density at radius 3 is 2.56 bits per heavy atom. The second-order valence-corrected chi connectivity index (χ2v) is 7.15.